The highest BCUT2D eigenvalue weighted by molar-refractivity contribution is 6.07. The first kappa shape index (κ1) is 34.5. The van der Waals surface area contributed by atoms with Crippen molar-refractivity contribution in [3.05, 3.63) is 53.9 Å². The van der Waals surface area contributed by atoms with Crippen molar-refractivity contribution >= 4 is 29.2 Å². The van der Waals surface area contributed by atoms with Crippen LogP contribution in [0.25, 0.3) is 5.52 Å². The number of carbonyl (C=O) groups excluding carboxylic acids is 3. The number of carbonyl (C=O) groups is 3. The maximum Gasteiger partial charge on any atom is 0.410 e. The fourth-order valence-corrected chi connectivity index (χ4v) is 7.24. The molecule has 3 aromatic rings. The number of nitrogens with zero attached hydrogens (tertiary/aromatic N) is 7. The van der Waals surface area contributed by atoms with Crippen LogP contribution in [-0.2, 0) is 22.6 Å². The Kier molecular flexibility index (Phi) is 10.0. The number of pyridine rings is 1. The highest BCUT2D eigenvalue weighted by Gasteiger charge is 2.36. The van der Waals surface area contributed by atoms with Gasteiger partial charge in [0.05, 0.1) is 38.2 Å². The number of aromatic nitrogens is 2. The van der Waals surface area contributed by atoms with Gasteiger partial charge in [0.2, 0.25) is 5.91 Å². The van der Waals surface area contributed by atoms with Crippen LogP contribution < -0.4 is 14.4 Å². The Bertz CT molecular complexity index is 1680. The topological polar surface area (TPSA) is 112 Å². The van der Waals surface area contributed by atoms with Crippen LogP contribution in [0.3, 0.4) is 0 Å². The van der Waals surface area contributed by atoms with Gasteiger partial charge >= 0.3 is 12.1 Å². The molecule has 0 bridgehead atoms. The van der Waals surface area contributed by atoms with E-state index in [9.17, 15) is 14.4 Å². The van der Waals surface area contributed by atoms with Gasteiger partial charge in [-0.3, -0.25) is 24.4 Å². The van der Waals surface area contributed by atoms with Crippen LogP contribution in [0.2, 0.25) is 0 Å². The first-order valence-corrected chi connectivity index (χ1v) is 17.2. The predicted octanol–water partition coefficient (Wildman–Crippen LogP) is 4.62. The number of urea groups is 1. The molecule has 6 rings (SSSR count). The Balaban J connectivity index is 1.09. The molecule has 3 saturated heterocycles. The van der Waals surface area contributed by atoms with E-state index in [0.717, 1.165) is 68.8 Å². The molecule has 1 atom stereocenters. The number of likely N-dealkylation sites (tertiary alicyclic amines) is 1. The summed E-state index contributed by atoms with van der Waals surface area (Å²) in [7, 11) is 3.13. The quantitative estimate of drug-likeness (QED) is 0.338. The van der Waals surface area contributed by atoms with Gasteiger partial charge in [0, 0.05) is 82.1 Å². The van der Waals surface area contributed by atoms with Crippen molar-refractivity contribution in [1.82, 2.24) is 29.2 Å². The van der Waals surface area contributed by atoms with Crippen LogP contribution in [0.5, 0.6) is 11.5 Å². The van der Waals surface area contributed by atoms with Crippen LogP contribution >= 0.6 is 0 Å². The van der Waals surface area contributed by atoms with Crippen molar-refractivity contribution in [1.29, 1.82) is 0 Å². The minimum atomic E-state index is -0.483. The maximum absolute atomic E-state index is 13.8. The van der Waals surface area contributed by atoms with Crippen LogP contribution in [0.1, 0.15) is 58.1 Å². The molecular formula is C36H49N7O6. The minimum Gasteiger partial charge on any atom is -0.497 e. The number of hydrogen-bond acceptors (Lipinski definition) is 9. The van der Waals surface area contributed by atoms with Gasteiger partial charge in [0.25, 0.3) is 0 Å². The summed E-state index contributed by atoms with van der Waals surface area (Å²) in [5, 5.41) is 4.53. The van der Waals surface area contributed by atoms with Gasteiger partial charge in [-0.15, -0.1) is 0 Å². The van der Waals surface area contributed by atoms with Gasteiger partial charge in [-0.1, -0.05) is 0 Å². The molecule has 3 aliphatic rings. The third-order valence-electron chi connectivity index (χ3n) is 9.75. The first-order chi connectivity index (χ1) is 23.4. The summed E-state index contributed by atoms with van der Waals surface area (Å²) in [6.45, 7) is 13.5. The molecule has 3 fully saturated rings. The molecule has 13 nitrogen and oxygen atoms in total. The summed E-state index contributed by atoms with van der Waals surface area (Å²) in [6.07, 6.45) is 5.54. The second-order valence-corrected chi connectivity index (χ2v) is 14.3. The molecule has 0 N–H and O–H groups in total. The molecular weight excluding hydrogens is 626 g/mol. The Morgan fingerprint density at radius 1 is 0.959 bits per heavy atom. The molecule has 5 heterocycles. The maximum atomic E-state index is 13.8. The molecule has 1 aromatic carbocycles. The number of hydrogen-bond donors (Lipinski definition) is 0. The van der Waals surface area contributed by atoms with E-state index in [1.807, 2.05) is 37.9 Å². The lowest BCUT2D eigenvalue weighted by Gasteiger charge is -2.46. The summed E-state index contributed by atoms with van der Waals surface area (Å²) >= 11 is 0. The van der Waals surface area contributed by atoms with E-state index in [-0.39, 0.29) is 37.5 Å². The van der Waals surface area contributed by atoms with E-state index in [2.05, 4.69) is 34.0 Å². The van der Waals surface area contributed by atoms with Crippen molar-refractivity contribution in [3.63, 3.8) is 0 Å². The number of ether oxygens (including phenoxy) is 3. The van der Waals surface area contributed by atoms with E-state index in [1.165, 1.54) is 4.90 Å². The molecule has 264 valence electrons. The third-order valence-corrected chi connectivity index (χ3v) is 9.75. The highest BCUT2D eigenvalue weighted by atomic mass is 16.6. The van der Waals surface area contributed by atoms with Gasteiger partial charge in [-0.2, -0.15) is 5.10 Å². The number of amides is 4. The highest BCUT2D eigenvalue weighted by Crippen LogP contribution is 2.31. The van der Waals surface area contributed by atoms with E-state index < -0.39 is 5.60 Å². The Labute approximate surface area is 288 Å². The van der Waals surface area contributed by atoms with Crippen LogP contribution in [-0.4, -0.2) is 118 Å². The SMILES string of the molecule is COc1ccc(CN2C(=O)CCN(c3cnn4ccc(CN5CCN(C6CCN(C(=O)OC(C)(C)C)CC6)[C@@H](C)C5)cc34)C2=O)c(OC)c1. The Morgan fingerprint density at radius 2 is 1.73 bits per heavy atom. The zero-order chi connectivity index (χ0) is 34.9. The summed E-state index contributed by atoms with van der Waals surface area (Å²) in [5.74, 6) is 0.962. The molecule has 0 spiro atoms. The van der Waals surface area contributed by atoms with Crippen molar-refractivity contribution in [2.45, 2.75) is 77.7 Å². The second-order valence-electron chi connectivity index (χ2n) is 14.3. The van der Waals surface area contributed by atoms with Crippen LogP contribution in [0.4, 0.5) is 15.3 Å². The van der Waals surface area contributed by atoms with Gasteiger partial charge in [0.1, 0.15) is 17.1 Å². The number of piperazine rings is 1. The van der Waals surface area contributed by atoms with Crippen molar-refractivity contribution < 1.29 is 28.6 Å². The summed E-state index contributed by atoms with van der Waals surface area (Å²) in [5.41, 5.74) is 2.88. The van der Waals surface area contributed by atoms with Crippen molar-refractivity contribution in [2.24, 2.45) is 0 Å². The molecule has 49 heavy (non-hydrogen) atoms. The second kappa shape index (κ2) is 14.2. The van der Waals surface area contributed by atoms with Gasteiger partial charge in [0.15, 0.2) is 0 Å². The summed E-state index contributed by atoms with van der Waals surface area (Å²) in [4.78, 5) is 49.2. The number of rotatable bonds is 8. The fourth-order valence-electron chi connectivity index (χ4n) is 7.24. The number of anilines is 1. The van der Waals surface area contributed by atoms with Gasteiger partial charge < -0.3 is 19.1 Å². The lowest BCUT2D eigenvalue weighted by Crippen LogP contribution is -2.57. The zero-order valence-electron chi connectivity index (χ0n) is 29.6. The molecule has 3 aliphatic heterocycles. The minimum absolute atomic E-state index is 0.0960. The monoisotopic (exact) mass is 675 g/mol. The smallest absolute Gasteiger partial charge is 0.410 e. The number of fused-ring (bicyclic) bond motifs is 1. The molecule has 0 unspecified atom stereocenters. The summed E-state index contributed by atoms with van der Waals surface area (Å²) in [6, 6.07) is 10.0. The van der Waals surface area contributed by atoms with Crippen LogP contribution in [0.15, 0.2) is 42.7 Å². The van der Waals surface area contributed by atoms with Crippen molar-refractivity contribution in [2.75, 3.05) is 58.4 Å². The third kappa shape index (κ3) is 7.62. The molecule has 0 radical (unpaired) electrons. The summed E-state index contributed by atoms with van der Waals surface area (Å²) < 4.78 is 18.2. The van der Waals surface area contributed by atoms with Crippen molar-refractivity contribution in [3.8, 4) is 11.5 Å². The lowest BCUT2D eigenvalue weighted by atomic mass is 10.00. The standard InChI is InChI=1S/C36H49N7O6/c1-25-22-38(17-18-40(25)28-10-13-39(14-11-28)35(46)49-36(2,3)4)23-26-9-16-43-30(19-26)31(21-37-43)41-15-12-33(44)42(34(41)45)24-27-7-8-29(47-5)20-32(27)48-6/h7-9,16,19-21,25,28H,10-15,17-18,22-24H2,1-6H3/t25-/m0/s1. The van der Waals surface area contributed by atoms with E-state index in [4.69, 9.17) is 14.2 Å². The average molecular weight is 676 g/mol. The lowest BCUT2D eigenvalue weighted by molar-refractivity contribution is -0.129. The molecule has 13 heteroatoms. The fraction of sp³-hybridized carbons (Fsp3) is 0.556. The van der Waals surface area contributed by atoms with Gasteiger partial charge in [-0.05, 0) is 70.4 Å². The predicted molar refractivity (Wildman–Crippen MR) is 185 cm³/mol. The van der Waals surface area contributed by atoms with E-state index in [1.54, 1.807) is 42.0 Å². The number of imide groups is 1. The normalized spacial score (nSPS) is 20.3. The zero-order valence-corrected chi connectivity index (χ0v) is 29.6. The van der Waals surface area contributed by atoms with E-state index >= 15 is 0 Å². The largest absolute Gasteiger partial charge is 0.497 e. The van der Waals surface area contributed by atoms with Gasteiger partial charge in [-0.25, -0.2) is 14.1 Å². The average Bonchev–Trinajstić information content (AvgIpc) is 3.49. The Morgan fingerprint density at radius 3 is 2.43 bits per heavy atom. The molecule has 2 aromatic heterocycles. The Hall–Kier alpha value is -4.36. The first-order valence-electron chi connectivity index (χ1n) is 17.2. The molecule has 0 aliphatic carbocycles. The number of piperidine rings is 1. The number of methoxy groups -OCH3 is 2. The van der Waals surface area contributed by atoms with Crippen LogP contribution in [0, 0.1) is 0 Å². The molecule has 4 amide bonds. The molecule has 0 saturated carbocycles. The van der Waals surface area contributed by atoms with E-state index in [0.29, 0.717) is 29.3 Å². The number of benzene rings is 1.